The zero-order valence-electron chi connectivity index (χ0n) is 14.2. The highest BCUT2D eigenvalue weighted by Gasteiger charge is 2.44. The summed E-state index contributed by atoms with van der Waals surface area (Å²) >= 11 is 0. The van der Waals surface area contributed by atoms with Crippen LogP contribution in [0.5, 0.6) is 0 Å². The van der Waals surface area contributed by atoms with E-state index in [1.807, 2.05) is 6.07 Å². The van der Waals surface area contributed by atoms with Gasteiger partial charge in [0.1, 0.15) is 6.54 Å². The molecule has 2 rings (SSSR count). The molecule has 1 aliphatic rings. The van der Waals surface area contributed by atoms with Gasteiger partial charge in [0, 0.05) is 13.0 Å². The standard InChI is InChI=1S/C18H31NO2/c1-5-17(4)14-18(15(2)3,9-12-21-17)8-10-19-13-16-7-6-11-20-16/h6-7,11,15,19H,5,8-10,12-14H2,1-4H3/p+1/t17-,18-/m1/s1. The van der Waals surface area contributed by atoms with E-state index in [4.69, 9.17) is 9.15 Å². The molecule has 0 aliphatic carbocycles. The molecule has 1 saturated heterocycles. The topological polar surface area (TPSA) is 39.0 Å². The van der Waals surface area contributed by atoms with E-state index in [2.05, 4.69) is 39.1 Å². The Kier molecular flexibility index (Phi) is 5.50. The molecule has 3 nitrogen and oxygen atoms in total. The van der Waals surface area contributed by atoms with Gasteiger partial charge in [0.15, 0.2) is 5.76 Å². The zero-order valence-corrected chi connectivity index (χ0v) is 14.2. The molecule has 0 saturated carbocycles. The molecule has 1 aromatic rings. The molecule has 2 heterocycles. The van der Waals surface area contributed by atoms with Gasteiger partial charge in [0.2, 0.25) is 0 Å². The Morgan fingerprint density at radius 1 is 1.38 bits per heavy atom. The molecule has 2 atom stereocenters. The Labute approximate surface area is 129 Å². The van der Waals surface area contributed by atoms with Crippen LogP contribution >= 0.6 is 0 Å². The summed E-state index contributed by atoms with van der Waals surface area (Å²) in [4.78, 5) is 0. The molecule has 0 radical (unpaired) electrons. The maximum Gasteiger partial charge on any atom is 0.157 e. The first-order valence-corrected chi connectivity index (χ1v) is 8.48. The Balaban J connectivity index is 1.89. The second-order valence-corrected chi connectivity index (χ2v) is 7.21. The number of hydrogen-bond donors (Lipinski definition) is 1. The molecule has 3 heteroatoms. The van der Waals surface area contributed by atoms with Gasteiger partial charge in [-0.2, -0.15) is 0 Å². The summed E-state index contributed by atoms with van der Waals surface area (Å²) < 4.78 is 11.5. The van der Waals surface area contributed by atoms with E-state index < -0.39 is 0 Å². The monoisotopic (exact) mass is 294 g/mol. The van der Waals surface area contributed by atoms with Crippen molar-refractivity contribution in [2.24, 2.45) is 11.3 Å². The van der Waals surface area contributed by atoms with Crippen molar-refractivity contribution in [3.8, 4) is 0 Å². The van der Waals surface area contributed by atoms with E-state index in [1.165, 1.54) is 25.8 Å². The summed E-state index contributed by atoms with van der Waals surface area (Å²) in [6.07, 6.45) is 6.53. The van der Waals surface area contributed by atoms with Gasteiger partial charge in [-0.3, -0.25) is 0 Å². The fraction of sp³-hybridized carbons (Fsp3) is 0.778. The van der Waals surface area contributed by atoms with Gasteiger partial charge in [-0.1, -0.05) is 20.8 Å². The van der Waals surface area contributed by atoms with Gasteiger partial charge in [0.25, 0.3) is 0 Å². The highest BCUT2D eigenvalue weighted by molar-refractivity contribution is 4.96. The van der Waals surface area contributed by atoms with Crippen LogP contribution < -0.4 is 5.32 Å². The zero-order chi connectivity index (χ0) is 15.3. The average Bonchev–Trinajstić information content (AvgIpc) is 2.97. The Morgan fingerprint density at radius 2 is 2.19 bits per heavy atom. The molecule has 2 N–H and O–H groups in total. The quantitative estimate of drug-likeness (QED) is 0.783. The predicted octanol–water partition coefficient (Wildman–Crippen LogP) is 3.35. The lowest BCUT2D eigenvalue weighted by Crippen LogP contribution is -2.83. The van der Waals surface area contributed by atoms with Gasteiger partial charge < -0.3 is 14.5 Å². The normalized spacial score (nSPS) is 30.0. The summed E-state index contributed by atoms with van der Waals surface area (Å²) in [6.45, 7) is 12.3. The van der Waals surface area contributed by atoms with Crippen molar-refractivity contribution < 1.29 is 14.5 Å². The number of nitrogens with two attached hydrogens (primary N) is 1. The van der Waals surface area contributed by atoms with Crippen LogP contribution in [0.2, 0.25) is 0 Å². The summed E-state index contributed by atoms with van der Waals surface area (Å²) in [5, 5.41) is 2.38. The maximum absolute atomic E-state index is 6.06. The van der Waals surface area contributed by atoms with Crippen LogP contribution in [0.15, 0.2) is 22.8 Å². The van der Waals surface area contributed by atoms with Gasteiger partial charge in [-0.15, -0.1) is 0 Å². The van der Waals surface area contributed by atoms with Crippen molar-refractivity contribution in [3.05, 3.63) is 24.2 Å². The van der Waals surface area contributed by atoms with Crippen LogP contribution in [-0.2, 0) is 11.3 Å². The number of ether oxygens (including phenoxy) is 1. The minimum absolute atomic E-state index is 0.0729. The van der Waals surface area contributed by atoms with Crippen LogP contribution in [-0.4, -0.2) is 18.8 Å². The first-order chi connectivity index (χ1) is 10.00. The third-order valence-electron chi connectivity index (χ3n) is 5.52. The van der Waals surface area contributed by atoms with Gasteiger partial charge in [0.05, 0.1) is 18.4 Å². The lowest BCUT2D eigenvalue weighted by atomic mass is 9.64. The van der Waals surface area contributed by atoms with Crippen LogP contribution in [0.4, 0.5) is 0 Å². The summed E-state index contributed by atoms with van der Waals surface area (Å²) in [7, 11) is 0. The van der Waals surface area contributed by atoms with Crippen molar-refractivity contribution in [2.45, 2.75) is 65.5 Å². The van der Waals surface area contributed by atoms with Crippen molar-refractivity contribution in [1.29, 1.82) is 0 Å². The van der Waals surface area contributed by atoms with Gasteiger partial charge in [-0.25, -0.2) is 0 Å². The highest BCUT2D eigenvalue weighted by atomic mass is 16.5. The van der Waals surface area contributed by atoms with E-state index in [-0.39, 0.29) is 5.60 Å². The molecule has 21 heavy (non-hydrogen) atoms. The van der Waals surface area contributed by atoms with Crippen LogP contribution in [0.25, 0.3) is 0 Å². The summed E-state index contributed by atoms with van der Waals surface area (Å²) in [6, 6.07) is 4.02. The molecule has 0 aromatic carbocycles. The van der Waals surface area contributed by atoms with Crippen molar-refractivity contribution in [1.82, 2.24) is 0 Å². The Bertz CT molecular complexity index is 415. The highest BCUT2D eigenvalue weighted by Crippen LogP contribution is 2.47. The smallest absolute Gasteiger partial charge is 0.157 e. The lowest BCUT2D eigenvalue weighted by Gasteiger charge is -2.48. The Morgan fingerprint density at radius 3 is 2.81 bits per heavy atom. The molecular weight excluding hydrogens is 262 g/mol. The number of hydrogen-bond acceptors (Lipinski definition) is 2. The van der Waals surface area contributed by atoms with Gasteiger partial charge in [-0.05, 0) is 49.7 Å². The third kappa shape index (κ3) is 4.10. The first-order valence-electron chi connectivity index (χ1n) is 8.48. The fourth-order valence-electron chi connectivity index (χ4n) is 3.67. The average molecular weight is 294 g/mol. The Hall–Kier alpha value is -0.800. The molecule has 0 spiro atoms. The molecule has 0 bridgehead atoms. The molecule has 1 fully saturated rings. The molecule has 0 unspecified atom stereocenters. The number of quaternary nitrogens is 1. The van der Waals surface area contributed by atoms with E-state index >= 15 is 0 Å². The number of furan rings is 1. The predicted molar refractivity (Wildman–Crippen MR) is 85.0 cm³/mol. The van der Waals surface area contributed by atoms with Crippen molar-refractivity contribution in [3.63, 3.8) is 0 Å². The van der Waals surface area contributed by atoms with E-state index in [0.717, 1.165) is 25.3 Å². The van der Waals surface area contributed by atoms with Crippen molar-refractivity contribution in [2.75, 3.05) is 13.2 Å². The largest absolute Gasteiger partial charge is 0.463 e. The SMILES string of the molecule is CC[C@]1(C)C[C@](CC[NH2+]Cc2ccco2)(C(C)C)CCO1. The third-order valence-corrected chi connectivity index (χ3v) is 5.52. The minimum Gasteiger partial charge on any atom is -0.463 e. The van der Waals surface area contributed by atoms with Crippen LogP contribution in [0, 0.1) is 11.3 Å². The lowest BCUT2D eigenvalue weighted by molar-refractivity contribution is -0.674. The molecule has 1 aliphatic heterocycles. The minimum atomic E-state index is 0.0729. The maximum atomic E-state index is 6.06. The fourth-order valence-corrected chi connectivity index (χ4v) is 3.67. The number of rotatable bonds is 7. The second-order valence-electron chi connectivity index (χ2n) is 7.21. The second kappa shape index (κ2) is 6.97. The van der Waals surface area contributed by atoms with Crippen molar-refractivity contribution >= 4 is 0 Å². The van der Waals surface area contributed by atoms with Gasteiger partial charge >= 0.3 is 0 Å². The van der Waals surface area contributed by atoms with E-state index in [1.54, 1.807) is 6.26 Å². The van der Waals surface area contributed by atoms with Crippen LogP contribution in [0.1, 0.15) is 59.1 Å². The first kappa shape index (κ1) is 16.6. The van der Waals surface area contributed by atoms with Crippen LogP contribution in [0.3, 0.4) is 0 Å². The van der Waals surface area contributed by atoms with E-state index in [9.17, 15) is 0 Å². The summed E-state index contributed by atoms with van der Waals surface area (Å²) in [5.74, 6) is 1.78. The molecule has 1 aromatic heterocycles. The van der Waals surface area contributed by atoms with E-state index in [0.29, 0.717) is 11.3 Å². The molecular formula is C18H32NO2+. The summed E-state index contributed by atoms with van der Waals surface area (Å²) in [5.41, 5.74) is 0.506. The molecule has 0 amide bonds. The molecule has 120 valence electrons.